The van der Waals surface area contributed by atoms with Gasteiger partial charge in [0.1, 0.15) is 37.0 Å². The highest BCUT2D eigenvalue weighted by molar-refractivity contribution is 6.12. The van der Waals surface area contributed by atoms with Crippen molar-refractivity contribution in [3.63, 3.8) is 0 Å². The topological polar surface area (TPSA) is 219 Å². The minimum atomic E-state index is 0.478. The number of amidine groups is 3. The zero-order chi connectivity index (χ0) is 53.3. The van der Waals surface area contributed by atoms with E-state index >= 15 is 0 Å². The molecule has 0 spiro atoms. The first-order valence-electron chi connectivity index (χ1n) is 26.0. The summed E-state index contributed by atoms with van der Waals surface area (Å²) >= 11 is 0. The summed E-state index contributed by atoms with van der Waals surface area (Å²) in [6.07, 6.45) is 12.2. The van der Waals surface area contributed by atoms with Crippen molar-refractivity contribution in [2.45, 2.75) is 40.4 Å². The van der Waals surface area contributed by atoms with Gasteiger partial charge in [-0.25, -0.2) is 19.9 Å². The second kappa shape index (κ2) is 26.1. The van der Waals surface area contributed by atoms with E-state index in [-0.39, 0.29) is 0 Å². The van der Waals surface area contributed by atoms with E-state index in [1.165, 1.54) is 0 Å². The van der Waals surface area contributed by atoms with Crippen LogP contribution in [-0.2, 0) is 33.8 Å². The SMILES string of the molecule is CCOCCOc1nccc2cc(NC3=NCc4cccnc43)ccc12.CCOCCOc1nccc2cc(NC3=NCc4ncccc43)ccc12.CCOCCOc1nccc2cc(NC3=NCc4nccnc43)ccc12. The van der Waals surface area contributed by atoms with Crippen LogP contribution in [0, 0.1) is 0 Å². The maximum atomic E-state index is 5.75. The minimum absolute atomic E-state index is 0.478. The first-order chi connectivity index (χ1) is 38.5. The summed E-state index contributed by atoms with van der Waals surface area (Å²) < 4.78 is 33.2. The van der Waals surface area contributed by atoms with E-state index in [0.717, 1.165) is 101 Å². The summed E-state index contributed by atoms with van der Waals surface area (Å²) in [5, 5.41) is 16.2. The number of benzene rings is 3. The van der Waals surface area contributed by atoms with Gasteiger partial charge < -0.3 is 44.4 Å². The van der Waals surface area contributed by atoms with E-state index in [2.05, 4.69) is 84.0 Å². The number of nitrogens with one attached hydrogen (secondary N) is 3. The number of hydrogen-bond acceptors (Lipinski definition) is 19. The van der Waals surface area contributed by atoms with E-state index in [4.69, 9.17) is 28.4 Å². The summed E-state index contributed by atoms with van der Waals surface area (Å²) in [5.74, 6) is 4.27. The minimum Gasteiger partial charge on any atom is -0.475 e. The molecule has 19 heteroatoms. The van der Waals surface area contributed by atoms with Gasteiger partial charge in [-0.2, -0.15) is 0 Å². The van der Waals surface area contributed by atoms with Crippen molar-refractivity contribution in [2.24, 2.45) is 15.0 Å². The van der Waals surface area contributed by atoms with Gasteiger partial charge in [0.2, 0.25) is 17.6 Å². The summed E-state index contributed by atoms with van der Waals surface area (Å²) in [6, 6.07) is 32.1. The van der Waals surface area contributed by atoms with Crippen LogP contribution in [0.5, 0.6) is 17.6 Å². The Bertz CT molecular complexity index is 3240. The quantitative estimate of drug-likeness (QED) is 0.0681. The third-order valence-corrected chi connectivity index (χ3v) is 12.4. The Morgan fingerprint density at radius 3 is 1.37 bits per heavy atom. The molecule has 9 aromatic rings. The first kappa shape index (κ1) is 52.4. The molecule has 3 aromatic carbocycles. The number of fused-ring (bicyclic) bond motifs is 6. The summed E-state index contributed by atoms with van der Waals surface area (Å²) in [6.45, 7) is 12.9. The van der Waals surface area contributed by atoms with Gasteiger partial charge in [0.25, 0.3) is 0 Å². The lowest BCUT2D eigenvalue weighted by Gasteiger charge is -2.11. The average Bonchev–Trinajstić information content (AvgIpc) is 4.22. The van der Waals surface area contributed by atoms with E-state index in [1.807, 2.05) is 99.6 Å². The Hall–Kier alpha value is -9.04. The van der Waals surface area contributed by atoms with E-state index in [0.29, 0.717) is 96.7 Å². The van der Waals surface area contributed by atoms with Gasteiger partial charge in [-0.05, 0) is 128 Å². The third-order valence-electron chi connectivity index (χ3n) is 12.4. The molecular formula is C59H59N13O6. The maximum absolute atomic E-state index is 5.75. The highest BCUT2D eigenvalue weighted by atomic mass is 16.5. The number of rotatable bonds is 18. The molecule has 0 saturated carbocycles. The highest BCUT2D eigenvalue weighted by Gasteiger charge is 2.20. The second-order valence-corrected chi connectivity index (χ2v) is 17.5. The average molecular weight is 1050 g/mol. The van der Waals surface area contributed by atoms with Crippen molar-refractivity contribution < 1.29 is 28.4 Å². The van der Waals surface area contributed by atoms with Crippen molar-refractivity contribution in [3.8, 4) is 17.6 Å². The highest BCUT2D eigenvalue weighted by Crippen LogP contribution is 2.30. The molecule has 0 radical (unpaired) electrons. The van der Waals surface area contributed by atoms with Crippen LogP contribution in [-0.4, -0.2) is 112 Å². The molecule has 6 aromatic heterocycles. The van der Waals surface area contributed by atoms with Crippen LogP contribution in [0.15, 0.2) is 155 Å². The van der Waals surface area contributed by atoms with Crippen molar-refractivity contribution >= 4 is 66.9 Å². The normalized spacial score (nSPS) is 12.7. The standard InChI is InChI=1S/2C20H20N4O2.C19H19N5O2/c1-2-25-10-11-26-20-16-6-5-15(12-14(16)7-9-22-20)24-19-17-4-3-8-21-18(17)13-23-19;1-2-25-10-11-26-20-17-6-5-16(12-14(17)7-9-22-20)24-19-18-15(13-23-19)4-3-8-21-18;1-2-25-9-10-26-19-15-4-3-14(11-13(15)5-6-22-19)24-18-17-16(12-23-18)20-7-8-21-17/h2*3-9,12H,2,10-11,13H2,1H3,(H,23,24);3-8,11H,2,9-10,12H2,1H3,(H,23,24). The smallest absolute Gasteiger partial charge is 0.221 e. The molecule has 3 aliphatic heterocycles. The number of aromatic nitrogens is 7. The van der Waals surface area contributed by atoms with Crippen LogP contribution < -0.4 is 30.2 Å². The first-order valence-corrected chi connectivity index (χ1v) is 26.0. The lowest BCUT2D eigenvalue weighted by molar-refractivity contribution is 0.109. The molecule has 0 saturated heterocycles. The molecule has 12 rings (SSSR count). The lowest BCUT2D eigenvalue weighted by atomic mass is 10.1. The Labute approximate surface area is 451 Å². The Morgan fingerprint density at radius 2 is 0.821 bits per heavy atom. The molecule has 9 heterocycles. The van der Waals surface area contributed by atoms with Crippen LogP contribution in [0.2, 0.25) is 0 Å². The monoisotopic (exact) mass is 1050 g/mol. The molecule has 0 aliphatic carbocycles. The number of ether oxygens (including phenoxy) is 6. The van der Waals surface area contributed by atoms with Crippen LogP contribution in [0.25, 0.3) is 32.3 Å². The molecule has 0 atom stereocenters. The van der Waals surface area contributed by atoms with E-state index in [1.54, 1.807) is 43.4 Å². The fourth-order valence-corrected chi connectivity index (χ4v) is 8.71. The Kier molecular flexibility index (Phi) is 17.6. The fourth-order valence-electron chi connectivity index (χ4n) is 8.71. The number of aliphatic imine (C=N–C) groups is 3. The van der Waals surface area contributed by atoms with Gasteiger partial charge in [0, 0.05) is 108 Å². The largest absolute Gasteiger partial charge is 0.475 e. The molecule has 0 unspecified atom stereocenters. The van der Waals surface area contributed by atoms with Gasteiger partial charge in [-0.3, -0.25) is 29.9 Å². The molecule has 19 nitrogen and oxygen atoms in total. The van der Waals surface area contributed by atoms with Gasteiger partial charge in [-0.1, -0.05) is 6.07 Å². The fraction of sp³-hybridized carbons (Fsp3) is 0.254. The second-order valence-electron chi connectivity index (χ2n) is 17.5. The number of nitrogens with zero attached hydrogens (tertiary/aromatic N) is 10. The van der Waals surface area contributed by atoms with Gasteiger partial charge in [-0.15, -0.1) is 0 Å². The predicted molar refractivity (Wildman–Crippen MR) is 303 cm³/mol. The molecular weight excluding hydrogens is 987 g/mol. The zero-order valence-corrected chi connectivity index (χ0v) is 43.7. The van der Waals surface area contributed by atoms with Crippen LogP contribution in [0.1, 0.15) is 54.7 Å². The number of hydrogen-bond donors (Lipinski definition) is 3. The van der Waals surface area contributed by atoms with Gasteiger partial charge in [0.15, 0.2) is 11.7 Å². The lowest BCUT2D eigenvalue weighted by Crippen LogP contribution is -2.13. The van der Waals surface area contributed by atoms with E-state index in [9.17, 15) is 0 Å². The molecule has 0 fully saturated rings. The Balaban J connectivity index is 0.000000132. The van der Waals surface area contributed by atoms with Crippen LogP contribution in [0.4, 0.5) is 17.1 Å². The Morgan fingerprint density at radius 1 is 0.385 bits per heavy atom. The molecule has 3 aliphatic rings. The van der Waals surface area contributed by atoms with Crippen molar-refractivity contribution in [1.82, 2.24) is 34.9 Å². The van der Waals surface area contributed by atoms with Crippen molar-refractivity contribution in [2.75, 3.05) is 75.4 Å². The summed E-state index contributed by atoms with van der Waals surface area (Å²) in [7, 11) is 0. The molecule has 0 amide bonds. The number of anilines is 3. The molecule has 3 N–H and O–H groups in total. The van der Waals surface area contributed by atoms with Gasteiger partial charge in [0.05, 0.1) is 50.8 Å². The summed E-state index contributed by atoms with van der Waals surface area (Å²) in [4.78, 5) is 44.0. The van der Waals surface area contributed by atoms with Crippen LogP contribution >= 0.6 is 0 Å². The molecule has 78 heavy (non-hydrogen) atoms. The van der Waals surface area contributed by atoms with E-state index < -0.39 is 0 Å². The third kappa shape index (κ3) is 13.0. The van der Waals surface area contributed by atoms with Crippen molar-refractivity contribution in [3.05, 3.63) is 174 Å². The van der Waals surface area contributed by atoms with Crippen LogP contribution in [0.3, 0.4) is 0 Å². The molecule has 396 valence electrons. The molecule has 0 bridgehead atoms. The maximum Gasteiger partial charge on any atom is 0.221 e. The predicted octanol–water partition coefficient (Wildman–Crippen LogP) is 9.65. The van der Waals surface area contributed by atoms with Gasteiger partial charge >= 0.3 is 0 Å². The van der Waals surface area contributed by atoms with Crippen molar-refractivity contribution in [1.29, 1.82) is 0 Å². The number of pyridine rings is 5. The zero-order valence-electron chi connectivity index (χ0n) is 43.7. The summed E-state index contributed by atoms with van der Waals surface area (Å²) in [5.41, 5.74) is 8.69.